The largest absolute Gasteiger partial charge is 0.371 e. The van der Waals surface area contributed by atoms with Gasteiger partial charge in [-0.3, -0.25) is 0 Å². The van der Waals surface area contributed by atoms with E-state index in [9.17, 15) is 8.42 Å². The smallest absolute Gasteiger partial charge is 0.283 e. The van der Waals surface area contributed by atoms with Crippen molar-refractivity contribution in [1.82, 2.24) is 9.19 Å². The Balaban J connectivity index is 1.25. The van der Waals surface area contributed by atoms with E-state index in [1.54, 1.807) is 30.5 Å². The van der Waals surface area contributed by atoms with Crippen LogP contribution in [-0.4, -0.2) is 30.7 Å². The molecule has 1 aromatic heterocycles. The second-order valence-electron chi connectivity index (χ2n) is 9.82. The van der Waals surface area contributed by atoms with Crippen molar-refractivity contribution in [2.75, 3.05) is 18.0 Å². The van der Waals surface area contributed by atoms with Crippen molar-refractivity contribution < 1.29 is 8.42 Å². The van der Waals surface area contributed by atoms with E-state index in [-0.39, 0.29) is 4.90 Å². The summed E-state index contributed by atoms with van der Waals surface area (Å²) >= 11 is 0. The van der Waals surface area contributed by atoms with Gasteiger partial charge in [0.05, 0.1) is 16.6 Å². The SMILES string of the molecule is O=S(=O)(c1ccccc1)n1ncc2c(N3CCCC4(Cc5ccccc5)CC4CC3)cccc21. The summed E-state index contributed by atoms with van der Waals surface area (Å²) in [6.45, 7) is 1.98. The molecule has 4 aromatic rings. The number of nitrogens with zero attached hydrogens (tertiary/aromatic N) is 3. The number of rotatable bonds is 5. The maximum atomic E-state index is 13.2. The predicted molar refractivity (Wildman–Crippen MR) is 136 cm³/mol. The minimum Gasteiger partial charge on any atom is -0.371 e. The highest BCUT2D eigenvalue weighted by Gasteiger charge is 2.53. The highest BCUT2D eigenvalue weighted by molar-refractivity contribution is 7.90. The third-order valence-corrected chi connectivity index (χ3v) is 9.39. The Bertz CT molecular complexity index is 1420. The molecule has 1 aliphatic carbocycles. The fraction of sp³-hybridized carbons (Fsp3) is 0.321. The Hall–Kier alpha value is -3.12. The summed E-state index contributed by atoms with van der Waals surface area (Å²) in [5, 5.41) is 5.22. The van der Waals surface area contributed by atoms with Gasteiger partial charge in [-0.15, -0.1) is 0 Å². The molecule has 1 saturated heterocycles. The van der Waals surface area contributed by atoms with Crippen molar-refractivity contribution in [2.45, 2.75) is 37.0 Å². The second kappa shape index (κ2) is 8.27. The number of hydrogen-bond donors (Lipinski definition) is 0. The molecule has 0 N–H and O–H groups in total. The van der Waals surface area contributed by atoms with E-state index in [0.717, 1.165) is 36.5 Å². The van der Waals surface area contributed by atoms with Gasteiger partial charge in [-0.25, -0.2) is 0 Å². The molecule has 2 aliphatic rings. The van der Waals surface area contributed by atoms with E-state index < -0.39 is 10.0 Å². The predicted octanol–water partition coefficient (Wildman–Crippen LogP) is 5.51. The number of benzene rings is 3. The Morgan fingerprint density at radius 1 is 0.912 bits per heavy atom. The molecule has 34 heavy (non-hydrogen) atoms. The lowest BCUT2D eigenvalue weighted by atomic mass is 9.87. The van der Waals surface area contributed by atoms with Gasteiger partial charge in [0.2, 0.25) is 0 Å². The molecule has 2 unspecified atom stereocenters. The first-order valence-corrected chi connectivity index (χ1v) is 13.6. The zero-order valence-corrected chi connectivity index (χ0v) is 20.0. The fourth-order valence-electron chi connectivity index (χ4n) is 5.91. The molecule has 5 nitrogen and oxygen atoms in total. The highest BCUT2D eigenvalue weighted by Crippen LogP contribution is 2.60. The van der Waals surface area contributed by atoms with Crippen LogP contribution in [0.15, 0.2) is 90.0 Å². The molecule has 2 heterocycles. The van der Waals surface area contributed by atoms with Crippen LogP contribution in [0.1, 0.15) is 31.2 Å². The molecule has 0 bridgehead atoms. The molecule has 1 aliphatic heterocycles. The van der Waals surface area contributed by atoms with Gasteiger partial charge in [0.25, 0.3) is 10.0 Å². The van der Waals surface area contributed by atoms with Gasteiger partial charge in [0, 0.05) is 24.2 Å². The lowest BCUT2D eigenvalue weighted by Gasteiger charge is -2.30. The molecule has 0 radical (unpaired) electrons. The zero-order chi connectivity index (χ0) is 23.2. The summed E-state index contributed by atoms with van der Waals surface area (Å²) in [6.07, 6.45) is 7.81. The molecule has 2 fully saturated rings. The maximum absolute atomic E-state index is 13.2. The molecule has 0 spiro atoms. The maximum Gasteiger partial charge on any atom is 0.283 e. The van der Waals surface area contributed by atoms with Crippen molar-refractivity contribution in [1.29, 1.82) is 0 Å². The van der Waals surface area contributed by atoms with Crippen LogP contribution in [0, 0.1) is 11.3 Å². The van der Waals surface area contributed by atoms with Gasteiger partial charge in [0.1, 0.15) is 0 Å². The van der Waals surface area contributed by atoms with E-state index in [0.29, 0.717) is 10.9 Å². The molecule has 2 atom stereocenters. The van der Waals surface area contributed by atoms with E-state index >= 15 is 0 Å². The minimum atomic E-state index is -3.74. The van der Waals surface area contributed by atoms with Crippen LogP contribution in [0.2, 0.25) is 0 Å². The summed E-state index contributed by atoms with van der Waals surface area (Å²) in [6, 6.07) is 25.3. The van der Waals surface area contributed by atoms with Crippen molar-refractivity contribution in [3.63, 3.8) is 0 Å². The Kier molecular flexibility index (Phi) is 5.21. The molecular weight excluding hydrogens is 442 g/mol. The lowest BCUT2D eigenvalue weighted by molar-refractivity contribution is 0.375. The monoisotopic (exact) mass is 471 g/mol. The molecule has 174 valence electrons. The van der Waals surface area contributed by atoms with Gasteiger partial charge < -0.3 is 4.90 Å². The van der Waals surface area contributed by atoms with E-state index in [4.69, 9.17) is 0 Å². The van der Waals surface area contributed by atoms with Crippen LogP contribution in [0.4, 0.5) is 5.69 Å². The van der Waals surface area contributed by atoms with E-state index in [1.807, 2.05) is 18.2 Å². The van der Waals surface area contributed by atoms with Gasteiger partial charge in [0.15, 0.2) is 0 Å². The first kappa shape index (κ1) is 21.4. The van der Waals surface area contributed by atoms with Crippen LogP contribution in [0.3, 0.4) is 0 Å². The standard InChI is InChI=1S/C28H29N3O2S/c32-34(33,24-11-5-2-6-12-24)31-27-14-7-13-26(25(27)21-29-31)30-17-8-16-28(20-23(28)15-18-30)19-22-9-3-1-4-10-22/h1-7,9-14,21,23H,8,15-20H2. The Morgan fingerprint density at radius 2 is 1.68 bits per heavy atom. The van der Waals surface area contributed by atoms with E-state index in [1.165, 1.54) is 35.3 Å². The van der Waals surface area contributed by atoms with Gasteiger partial charge in [-0.05, 0) is 73.3 Å². The van der Waals surface area contributed by atoms with Crippen LogP contribution in [0.25, 0.3) is 10.9 Å². The number of aromatic nitrogens is 2. The van der Waals surface area contributed by atoms with Gasteiger partial charge in [-0.2, -0.15) is 17.6 Å². The third-order valence-electron chi connectivity index (χ3n) is 7.78. The van der Waals surface area contributed by atoms with Crippen molar-refractivity contribution >= 4 is 26.6 Å². The summed E-state index contributed by atoms with van der Waals surface area (Å²) in [5.41, 5.74) is 3.66. The molecule has 3 aromatic carbocycles. The highest BCUT2D eigenvalue weighted by atomic mass is 32.2. The average molecular weight is 472 g/mol. The van der Waals surface area contributed by atoms with Crippen molar-refractivity contribution in [2.24, 2.45) is 11.3 Å². The van der Waals surface area contributed by atoms with Gasteiger partial charge >= 0.3 is 0 Å². The molecule has 1 saturated carbocycles. The summed E-state index contributed by atoms with van der Waals surface area (Å²) < 4.78 is 27.6. The minimum absolute atomic E-state index is 0.250. The topological polar surface area (TPSA) is 55.2 Å². The van der Waals surface area contributed by atoms with Crippen LogP contribution >= 0.6 is 0 Å². The summed E-state index contributed by atoms with van der Waals surface area (Å²) in [5.74, 6) is 0.774. The number of hydrogen-bond acceptors (Lipinski definition) is 4. The number of anilines is 1. The zero-order valence-electron chi connectivity index (χ0n) is 19.2. The summed E-state index contributed by atoms with van der Waals surface area (Å²) in [4.78, 5) is 2.69. The third kappa shape index (κ3) is 3.70. The summed E-state index contributed by atoms with van der Waals surface area (Å²) in [7, 11) is -3.74. The van der Waals surface area contributed by atoms with Crippen molar-refractivity contribution in [3.05, 3.63) is 90.6 Å². The molecule has 6 heteroatoms. The van der Waals surface area contributed by atoms with Crippen molar-refractivity contribution in [3.8, 4) is 0 Å². The lowest BCUT2D eigenvalue weighted by Crippen LogP contribution is -2.29. The Morgan fingerprint density at radius 3 is 2.47 bits per heavy atom. The molecular formula is C28H29N3O2S. The number of fused-ring (bicyclic) bond motifs is 2. The van der Waals surface area contributed by atoms with Crippen LogP contribution in [-0.2, 0) is 16.4 Å². The van der Waals surface area contributed by atoms with E-state index in [2.05, 4.69) is 46.4 Å². The van der Waals surface area contributed by atoms with Crippen LogP contribution < -0.4 is 4.90 Å². The Labute approximate surface area is 201 Å². The quantitative estimate of drug-likeness (QED) is 0.385. The van der Waals surface area contributed by atoms with Gasteiger partial charge in [-0.1, -0.05) is 54.6 Å². The first-order valence-electron chi connectivity index (χ1n) is 12.1. The fourth-order valence-corrected chi connectivity index (χ4v) is 7.20. The second-order valence-corrected chi connectivity index (χ2v) is 11.6. The normalized spacial score (nSPS) is 22.7. The molecule has 6 rings (SSSR count). The first-order chi connectivity index (χ1) is 16.6. The average Bonchev–Trinajstić information content (AvgIpc) is 3.30. The van der Waals surface area contributed by atoms with Crippen LogP contribution in [0.5, 0.6) is 0 Å². The molecule has 0 amide bonds.